The molecule has 0 aliphatic heterocycles. The number of hydrogen-bond acceptors (Lipinski definition) is 6. The van der Waals surface area contributed by atoms with Crippen molar-refractivity contribution in [1.82, 2.24) is 5.32 Å². The van der Waals surface area contributed by atoms with Crippen molar-refractivity contribution in [2.75, 3.05) is 6.61 Å². The van der Waals surface area contributed by atoms with Crippen LogP contribution in [-0.4, -0.2) is 40.5 Å². The average Bonchev–Trinajstić information content (AvgIpc) is 2.69. The number of carboxylic acid groups (broad SMARTS) is 1. The minimum Gasteiger partial charge on any atom is -0.480 e. The van der Waals surface area contributed by atoms with Gasteiger partial charge in [-0.05, 0) is 24.6 Å². The monoisotopic (exact) mass is 436 g/mol. The molecule has 0 aromatic heterocycles. The lowest BCUT2D eigenvalue weighted by atomic mass is 9.88. The summed E-state index contributed by atoms with van der Waals surface area (Å²) in [5, 5.41) is 22.7. The Morgan fingerprint density at radius 2 is 1.71 bits per heavy atom. The van der Waals surface area contributed by atoms with E-state index in [9.17, 15) is 38.4 Å². The van der Waals surface area contributed by atoms with Gasteiger partial charge in [0.1, 0.15) is 17.7 Å². The van der Waals surface area contributed by atoms with Crippen LogP contribution < -0.4 is 5.32 Å². The normalized spacial score (nSPS) is 12.5. The number of halogens is 2. The van der Waals surface area contributed by atoms with Crippen LogP contribution in [0.2, 0.25) is 0 Å². The first-order chi connectivity index (χ1) is 14.6. The number of carbonyl (C=O) groups excluding carboxylic acids is 2. The van der Waals surface area contributed by atoms with Crippen LogP contribution >= 0.6 is 0 Å². The molecule has 2 atom stereocenters. The lowest BCUT2D eigenvalue weighted by Crippen LogP contribution is -2.45. The zero-order valence-corrected chi connectivity index (χ0v) is 16.2. The molecule has 0 bridgehead atoms. The average molecular weight is 436 g/mol. The zero-order valence-electron chi connectivity index (χ0n) is 16.2. The molecule has 164 valence electrons. The fourth-order valence-corrected chi connectivity index (χ4v) is 2.91. The second-order valence-electron chi connectivity index (χ2n) is 6.41. The Morgan fingerprint density at radius 1 is 1.13 bits per heavy atom. The van der Waals surface area contributed by atoms with E-state index in [4.69, 9.17) is 4.74 Å². The number of rotatable bonds is 9. The molecule has 0 spiro atoms. The summed E-state index contributed by atoms with van der Waals surface area (Å²) in [6.07, 6.45) is -0.472. The Labute approximate surface area is 174 Å². The molecule has 2 N–H and O–H groups in total. The topological polar surface area (TPSA) is 136 Å². The second-order valence-corrected chi connectivity index (χ2v) is 6.41. The number of nitrogens with one attached hydrogen (secondary N) is 1. The quantitative estimate of drug-likeness (QED) is 0.350. The summed E-state index contributed by atoms with van der Waals surface area (Å²) < 4.78 is 31.7. The molecule has 0 fully saturated rings. The minimum atomic E-state index is -1.70. The SMILES string of the molecule is CCOC(=O)C[C@@H](c1ccc([N+](=O)[O-])cc1)[C@H](NC(=O)c1cc(F)cc(F)c1)C(=O)O. The summed E-state index contributed by atoms with van der Waals surface area (Å²) in [4.78, 5) is 46.6. The third-order valence-corrected chi connectivity index (χ3v) is 4.30. The third kappa shape index (κ3) is 6.29. The highest BCUT2D eigenvalue weighted by Gasteiger charge is 2.34. The number of benzene rings is 2. The summed E-state index contributed by atoms with van der Waals surface area (Å²) >= 11 is 0. The van der Waals surface area contributed by atoms with Gasteiger partial charge >= 0.3 is 11.9 Å². The lowest BCUT2D eigenvalue weighted by molar-refractivity contribution is -0.384. The van der Waals surface area contributed by atoms with E-state index in [1.807, 2.05) is 0 Å². The number of amides is 1. The molecule has 0 heterocycles. The number of ether oxygens (including phenoxy) is 1. The highest BCUT2D eigenvalue weighted by molar-refractivity contribution is 5.97. The zero-order chi connectivity index (χ0) is 23.1. The first-order valence-corrected chi connectivity index (χ1v) is 9.02. The predicted molar refractivity (Wildman–Crippen MR) is 102 cm³/mol. The molecule has 2 aromatic rings. The van der Waals surface area contributed by atoms with Gasteiger partial charge in [0.25, 0.3) is 11.6 Å². The van der Waals surface area contributed by atoms with E-state index in [2.05, 4.69) is 5.32 Å². The fourth-order valence-electron chi connectivity index (χ4n) is 2.91. The Morgan fingerprint density at radius 3 is 2.19 bits per heavy atom. The van der Waals surface area contributed by atoms with Gasteiger partial charge in [-0.2, -0.15) is 0 Å². The molecule has 0 saturated heterocycles. The molecule has 2 rings (SSSR count). The van der Waals surface area contributed by atoms with Gasteiger partial charge in [0.05, 0.1) is 18.0 Å². The van der Waals surface area contributed by atoms with Crippen LogP contribution in [0.4, 0.5) is 14.5 Å². The lowest BCUT2D eigenvalue weighted by Gasteiger charge is -2.25. The van der Waals surface area contributed by atoms with Crippen molar-refractivity contribution in [3.63, 3.8) is 0 Å². The molecule has 9 nitrogen and oxygen atoms in total. The van der Waals surface area contributed by atoms with Gasteiger partial charge < -0.3 is 15.2 Å². The molecule has 11 heteroatoms. The first-order valence-electron chi connectivity index (χ1n) is 9.02. The van der Waals surface area contributed by atoms with Crippen molar-refractivity contribution in [2.45, 2.75) is 25.3 Å². The maximum atomic E-state index is 13.4. The predicted octanol–water partition coefficient (Wildman–Crippen LogP) is 2.79. The van der Waals surface area contributed by atoms with E-state index in [0.29, 0.717) is 6.07 Å². The maximum absolute atomic E-state index is 13.4. The van der Waals surface area contributed by atoms with Crippen molar-refractivity contribution in [1.29, 1.82) is 0 Å². The van der Waals surface area contributed by atoms with Gasteiger partial charge in [-0.25, -0.2) is 13.6 Å². The van der Waals surface area contributed by atoms with Crippen molar-refractivity contribution in [3.05, 3.63) is 75.3 Å². The fraction of sp³-hybridized carbons (Fsp3) is 0.250. The van der Waals surface area contributed by atoms with Crippen LogP contribution in [0.25, 0.3) is 0 Å². The van der Waals surface area contributed by atoms with Crippen LogP contribution in [0.15, 0.2) is 42.5 Å². The second kappa shape index (κ2) is 10.2. The van der Waals surface area contributed by atoms with E-state index < -0.39 is 58.3 Å². The summed E-state index contributed by atoms with van der Waals surface area (Å²) in [6.45, 7) is 1.58. The number of esters is 1. The molecule has 0 aliphatic rings. The number of carboxylic acids is 1. The van der Waals surface area contributed by atoms with Gasteiger partial charge in [-0.15, -0.1) is 0 Å². The molecule has 2 aromatic carbocycles. The van der Waals surface area contributed by atoms with Gasteiger partial charge in [0.2, 0.25) is 0 Å². The van der Waals surface area contributed by atoms with E-state index >= 15 is 0 Å². The number of aliphatic carboxylic acids is 1. The molecular weight excluding hydrogens is 418 g/mol. The smallest absolute Gasteiger partial charge is 0.326 e. The molecule has 0 saturated carbocycles. The van der Waals surface area contributed by atoms with E-state index in [1.54, 1.807) is 6.92 Å². The highest BCUT2D eigenvalue weighted by Crippen LogP contribution is 2.27. The van der Waals surface area contributed by atoms with Crippen LogP contribution in [0.3, 0.4) is 0 Å². The summed E-state index contributed by atoms with van der Waals surface area (Å²) in [5.74, 6) is -6.62. The number of nitro benzene ring substituents is 1. The van der Waals surface area contributed by atoms with Crippen LogP contribution in [0.1, 0.15) is 35.2 Å². The summed E-state index contributed by atoms with van der Waals surface area (Å²) in [6, 6.07) is 5.05. The van der Waals surface area contributed by atoms with Gasteiger partial charge in [0.15, 0.2) is 0 Å². The van der Waals surface area contributed by atoms with Crippen molar-refractivity contribution >= 4 is 23.5 Å². The number of nitrogens with zero attached hydrogens (tertiary/aromatic N) is 1. The molecular formula is C20H18F2N2O7. The molecule has 31 heavy (non-hydrogen) atoms. The van der Waals surface area contributed by atoms with Crippen LogP contribution in [-0.2, 0) is 14.3 Å². The van der Waals surface area contributed by atoms with E-state index in [1.165, 1.54) is 12.1 Å². The summed E-state index contributed by atoms with van der Waals surface area (Å²) in [5.41, 5.74) is -0.510. The largest absolute Gasteiger partial charge is 0.480 e. The Balaban J connectivity index is 2.40. The third-order valence-electron chi connectivity index (χ3n) is 4.30. The number of nitro groups is 1. The Kier molecular flexibility index (Phi) is 7.72. The van der Waals surface area contributed by atoms with Crippen molar-refractivity contribution in [3.8, 4) is 0 Å². The first kappa shape index (κ1) is 23.4. The molecule has 0 radical (unpaired) electrons. The van der Waals surface area contributed by atoms with Crippen LogP contribution in [0, 0.1) is 21.7 Å². The number of hydrogen-bond donors (Lipinski definition) is 2. The summed E-state index contributed by atoms with van der Waals surface area (Å²) in [7, 11) is 0. The van der Waals surface area contributed by atoms with Gasteiger partial charge in [0, 0.05) is 29.7 Å². The maximum Gasteiger partial charge on any atom is 0.326 e. The Bertz CT molecular complexity index is 975. The minimum absolute atomic E-state index is 0.0263. The molecule has 1 amide bonds. The molecule has 0 aliphatic carbocycles. The van der Waals surface area contributed by atoms with Crippen LogP contribution in [0.5, 0.6) is 0 Å². The standard InChI is InChI=1S/C20H18F2N2O7/c1-2-31-17(25)10-16(11-3-5-15(6-4-11)24(29)30)18(20(27)28)23-19(26)12-7-13(21)9-14(22)8-12/h3-9,16,18H,2,10H2,1H3,(H,23,26)(H,27,28)/t16-,18-/m0/s1. The van der Waals surface area contributed by atoms with Crippen molar-refractivity contribution < 1.29 is 37.9 Å². The van der Waals surface area contributed by atoms with Gasteiger partial charge in [-0.1, -0.05) is 12.1 Å². The molecule has 0 unspecified atom stereocenters. The van der Waals surface area contributed by atoms with E-state index in [0.717, 1.165) is 24.3 Å². The number of carbonyl (C=O) groups is 3. The van der Waals surface area contributed by atoms with Crippen molar-refractivity contribution in [2.24, 2.45) is 0 Å². The highest BCUT2D eigenvalue weighted by atomic mass is 19.1. The van der Waals surface area contributed by atoms with Gasteiger partial charge in [-0.3, -0.25) is 19.7 Å². The Hall–Kier alpha value is -3.89. The number of non-ortho nitro benzene ring substituents is 1. The van der Waals surface area contributed by atoms with E-state index in [-0.39, 0.29) is 17.9 Å².